The molecule has 0 aliphatic heterocycles. The maximum Gasteiger partial charge on any atom is 0.252 e. The van der Waals surface area contributed by atoms with Gasteiger partial charge in [-0.3, -0.25) is 4.79 Å². The van der Waals surface area contributed by atoms with Gasteiger partial charge in [-0.2, -0.15) is 0 Å². The van der Waals surface area contributed by atoms with Crippen LogP contribution in [0.25, 0.3) is 10.8 Å². The Hall–Kier alpha value is -2.33. The molecular weight excluding hydrogens is 288 g/mol. The molecule has 0 unspecified atom stereocenters. The Morgan fingerprint density at radius 3 is 2.81 bits per heavy atom. The summed E-state index contributed by atoms with van der Waals surface area (Å²) in [6.07, 6.45) is 0. The van der Waals surface area contributed by atoms with E-state index in [9.17, 15) is 4.79 Å². The van der Waals surface area contributed by atoms with Crippen LogP contribution in [-0.2, 0) is 12.4 Å². The predicted octanol–water partition coefficient (Wildman–Crippen LogP) is 3.50. The van der Waals surface area contributed by atoms with Gasteiger partial charge in [-0.05, 0) is 16.8 Å². The predicted molar refractivity (Wildman–Crippen MR) is 81.2 cm³/mol. The monoisotopic (exact) mass is 300 g/mol. The Bertz CT molecular complexity index is 777. The fourth-order valence-electron chi connectivity index (χ4n) is 2.19. The first-order valence-electron chi connectivity index (χ1n) is 6.54. The number of nitrogens with zero attached hydrogens (tertiary/aromatic N) is 1. The Kier molecular flexibility index (Phi) is 3.88. The minimum absolute atomic E-state index is 0.143. The van der Waals surface area contributed by atoms with Crippen LogP contribution in [-0.4, -0.2) is 11.1 Å². The molecule has 1 heterocycles. The van der Waals surface area contributed by atoms with Gasteiger partial charge in [0, 0.05) is 11.6 Å². The van der Waals surface area contributed by atoms with Crippen LogP contribution in [0.2, 0.25) is 0 Å². The van der Waals surface area contributed by atoms with Crippen LogP contribution < -0.4 is 5.32 Å². The van der Waals surface area contributed by atoms with Crippen LogP contribution in [0.4, 0.5) is 0 Å². The molecule has 1 amide bonds. The van der Waals surface area contributed by atoms with Crippen molar-refractivity contribution in [2.75, 3.05) is 0 Å². The van der Waals surface area contributed by atoms with Crippen molar-refractivity contribution in [3.63, 3.8) is 0 Å². The third-order valence-corrected chi connectivity index (χ3v) is 3.48. The van der Waals surface area contributed by atoms with E-state index in [4.69, 9.17) is 16.1 Å². The van der Waals surface area contributed by atoms with Gasteiger partial charge in [0.05, 0.1) is 18.1 Å². The zero-order valence-corrected chi connectivity index (χ0v) is 11.9. The summed E-state index contributed by atoms with van der Waals surface area (Å²) in [6, 6.07) is 15.2. The second-order valence-corrected chi connectivity index (χ2v) is 4.89. The maximum absolute atomic E-state index is 12.3. The lowest BCUT2D eigenvalue weighted by molar-refractivity contribution is 0.0948. The number of rotatable bonds is 4. The summed E-state index contributed by atoms with van der Waals surface area (Å²) >= 11 is 5.65. The molecule has 4 nitrogen and oxygen atoms in total. The summed E-state index contributed by atoms with van der Waals surface area (Å²) in [5, 5.41) is 8.57. The lowest BCUT2D eigenvalue weighted by atomic mass is 10.0. The van der Waals surface area contributed by atoms with Gasteiger partial charge < -0.3 is 9.84 Å². The standard InChI is InChI=1S/C16H13ClN2O2/c17-9-12-8-13(21-19-12)10-18-16(20)15-7-3-5-11-4-1-2-6-14(11)15/h1-8H,9-10H2,(H,18,20). The summed E-state index contributed by atoms with van der Waals surface area (Å²) in [7, 11) is 0. The number of halogens is 1. The van der Waals surface area contributed by atoms with Crippen LogP contribution in [0.1, 0.15) is 21.8 Å². The topological polar surface area (TPSA) is 55.1 Å². The zero-order valence-electron chi connectivity index (χ0n) is 11.2. The Morgan fingerprint density at radius 1 is 1.19 bits per heavy atom. The van der Waals surface area contributed by atoms with E-state index in [2.05, 4.69) is 10.5 Å². The Morgan fingerprint density at radius 2 is 2.00 bits per heavy atom. The van der Waals surface area contributed by atoms with Gasteiger partial charge >= 0.3 is 0 Å². The van der Waals surface area contributed by atoms with E-state index in [1.54, 1.807) is 6.07 Å². The van der Waals surface area contributed by atoms with Crippen molar-refractivity contribution < 1.29 is 9.32 Å². The van der Waals surface area contributed by atoms with Gasteiger partial charge in [-0.25, -0.2) is 0 Å². The first kappa shape index (κ1) is 13.6. The molecule has 21 heavy (non-hydrogen) atoms. The highest BCUT2D eigenvalue weighted by molar-refractivity contribution is 6.16. The van der Waals surface area contributed by atoms with Crippen LogP contribution in [0, 0.1) is 0 Å². The molecule has 106 valence electrons. The second-order valence-electron chi connectivity index (χ2n) is 4.63. The summed E-state index contributed by atoms with van der Waals surface area (Å²) in [6.45, 7) is 0.284. The molecule has 0 spiro atoms. The minimum atomic E-state index is -0.143. The van der Waals surface area contributed by atoms with Crippen LogP contribution in [0.3, 0.4) is 0 Å². The van der Waals surface area contributed by atoms with Gasteiger partial charge in [0.2, 0.25) is 0 Å². The molecule has 0 bridgehead atoms. The number of alkyl halides is 1. The third kappa shape index (κ3) is 2.90. The van der Waals surface area contributed by atoms with Crippen molar-refractivity contribution >= 4 is 28.3 Å². The molecule has 1 N–H and O–H groups in total. The molecule has 1 aromatic heterocycles. The molecule has 0 saturated carbocycles. The molecule has 5 heteroatoms. The summed E-state index contributed by atoms with van der Waals surface area (Å²) < 4.78 is 5.08. The van der Waals surface area contributed by atoms with E-state index in [1.807, 2.05) is 42.5 Å². The molecule has 0 saturated heterocycles. The normalized spacial score (nSPS) is 10.7. The van der Waals surface area contributed by atoms with Crippen molar-refractivity contribution in [1.82, 2.24) is 10.5 Å². The van der Waals surface area contributed by atoms with Gasteiger partial charge in [0.1, 0.15) is 0 Å². The number of fused-ring (bicyclic) bond motifs is 1. The minimum Gasteiger partial charge on any atom is -0.359 e. The van der Waals surface area contributed by atoms with E-state index in [0.717, 1.165) is 10.8 Å². The van der Waals surface area contributed by atoms with E-state index >= 15 is 0 Å². The number of carbonyl (C=O) groups excluding carboxylic acids is 1. The average molecular weight is 301 g/mol. The first-order valence-corrected chi connectivity index (χ1v) is 7.08. The van der Waals surface area contributed by atoms with Gasteiger partial charge in [0.15, 0.2) is 5.76 Å². The molecule has 0 aliphatic carbocycles. The summed E-state index contributed by atoms with van der Waals surface area (Å²) in [4.78, 5) is 12.3. The van der Waals surface area contributed by atoms with Crippen LogP contribution in [0.15, 0.2) is 53.1 Å². The second kappa shape index (κ2) is 5.97. The first-order chi connectivity index (χ1) is 10.3. The maximum atomic E-state index is 12.3. The molecule has 0 aliphatic rings. The zero-order chi connectivity index (χ0) is 14.7. The average Bonchev–Trinajstić information content (AvgIpc) is 3.00. The van der Waals surface area contributed by atoms with E-state index < -0.39 is 0 Å². The van der Waals surface area contributed by atoms with Crippen molar-refractivity contribution in [1.29, 1.82) is 0 Å². The number of hydrogen-bond donors (Lipinski definition) is 1. The number of benzene rings is 2. The van der Waals surface area contributed by atoms with Gasteiger partial charge in [-0.1, -0.05) is 41.6 Å². The highest BCUT2D eigenvalue weighted by atomic mass is 35.5. The third-order valence-electron chi connectivity index (χ3n) is 3.20. The van der Waals surface area contributed by atoms with Crippen molar-refractivity contribution in [3.05, 3.63) is 65.5 Å². The van der Waals surface area contributed by atoms with Gasteiger partial charge in [0.25, 0.3) is 5.91 Å². The largest absolute Gasteiger partial charge is 0.359 e. The van der Waals surface area contributed by atoms with Crippen LogP contribution >= 0.6 is 11.6 Å². The fraction of sp³-hybridized carbons (Fsp3) is 0.125. The van der Waals surface area contributed by atoms with Gasteiger partial charge in [-0.15, -0.1) is 11.6 Å². The summed E-state index contributed by atoms with van der Waals surface area (Å²) in [5.41, 5.74) is 1.30. The summed E-state index contributed by atoms with van der Waals surface area (Å²) in [5.74, 6) is 0.732. The van der Waals surface area contributed by atoms with Crippen molar-refractivity contribution in [3.8, 4) is 0 Å². The SMILES string of the molecule is O=C(NCc1cc(CCl)no1)c1cccc2ccccc12. The number of amides is 1. The number of carbonyl (C=O) groups is 1. The molecule has 2 aromatic carbocycles. The molecule has 3 rings (SSSR count). The number of nitrogens with one attached hydrogen (secondary N) is 1. The molecule has 0 radical (unpaired) electrons. The van der Waals surface area contributed by atoms with Crippen molar-refractivity contribution in [2.24, 2.45) is 0 Å². The van der Waals surface area contributed by atoms with Crippen LogP contribution in [0.5, 0.6) is 0 Å². The number of hydrogen-bond acceptors (Lipinski definition) is 3. The lowest BCUT2D eigenvalue weighted by Crippen LogP contribution is -2.22. The highest BCUT2D eigenvalue weighted by Crippen LogP contribution is 2.18. The Balaban J connectivity index is 1.78. The highest BCUT2D eigenvalue weighted by Gasteiger charge is 2.10. The van der Waals surface area contributed by atoms with E-state index in [1.165, 1.54) is 0 Å². The lowest BCUT2D eigenvalue weighted by Gasteiger charge is -2.06. The van der Waals surface area contributed by atoms with E-state index in [0.29, 0.717) is 22.9 Å². The quantitative estimate of drug-likeness (QED) is 0.750. The molecule has 0 fully saturated rings. The molecular formula is C16H13ClN2O2. The molecule has 0 atom stereocenters. The Labute approximate surface area is 126 Å². The fourth-order valence-corrected chi connectivity index (χ4v) is 2.31. The number of aromatic nitrogens is 1. The molecule has 3 aromatic rings. The van der Waals surface area contributed by atoms with E-state index in [-0.39, 0.29) is 12.5 Å². The smallest absolute Gasteiger partial charge is 0.252 e. The van der Waals surface area contributed by atoms with Crippen molar-refractivity contribution in [2.45, 2.75) is 12.4 Å².